The minimum Gasteiger partial charge on any atom is -0.481 e. The van der Waals surface area contributed by atoms with Gasteiger partial charge in [-0.2, -0.15) is 0 Å². The highest BCUT2D eigenvalue weighted by Crippen LogP contribution is 2.17. The third-order valence-electron chi connectivity index (χ3n) is 2.99. The van der Waals surface area contributed by atoms with Gasteiger partial charge in [-0.15, -0.1) is 0 Å². The van der Waals surface area contributed by atoms with Gasteiger partial charge in [-0.05, 0) is 26.7 Å². The molecule has 0 radical (unpaired) electrons. The molecule has 0 spiro atoms. The molecule has 7 heteroatoms. The van der Waals surface area contributed by atoms with Crippen LogP contribution in [0.5, 0.6) is 0 Å². The van der Waals surface area contributed by atoms with Crippen LogP contribution < -0.4 is 5.32 Å². The zero-order valence-electron chi connectivity index (χ0n) is 13.0. The molecule has 1 aliphatic rings. The molecule has 0 aliphatic carbocycles. The number of hydrogen-bond donors (Lipinski definition) is 2. The van der Waals surface area contributed by atoms with E-state index in [4.69, 9.17) is 9.84 Å². The summed E-state index contributed by atoms with van der Waals surface area (Å²) < 4.78 is 5.12. The average molecular weight is 300 g/mol. The van der Waals surface area contributed by atoms with E-state index in [2.05, 4.69) is 5.32 Å². The molecule has 1 fully saturated rings. The molecular formula is C14H24N2O5. The molecule has 1 aliphatic heterocycles. The van der Waals surface area contributed by atoms with Crippen LogP contribution in [-0.4, -0.2) is 52.7 Å². The van der Waals surface area contributed by atoms with Crippen molar-refractivity contribution in [2.24, 2.45) is 5.92 Å². The third kappa shape index (κ3) is 6.46. The zero-order valence-corrected chi connectivity index (χ0v) is 13.0. The van der Waals surface area contributed by atoms with Crippen LogP contribution in [0, 0.1) is 5.92 Å². The van der Waals surface area contributed by atoms with Gasteiger partial charge in [0.05, 0.1) is 12.5 Å². The van der Waals surface area contributed by atoms with Gasteiger partial charge in [0.15, 0.2) is 0 Å². The number of alkyl carbamates (subject to hydrolysis) is 1. The van der Waals surface area contributed by atoms with Crippen molar-refractivity contribution < 1.29 is 24.2 Å². The van der Waals surface area contributed by atoms with E-state index < -0.39 is 23.7 Å². The monoisotopic (exact) mass is 300 g/mol. The van der Waals surface area contributed by atoms with Crippen LogP contribution in [0.2, 0.25) is 0 Å². The topological polar surface area (TPSA) is 95.9 Å². The lowest BCUT2D eigenvalue weighted by atomic mass is 10.1. The molecule has 7 nitrogen and oxygen atoms in total. The second kappa shape index (κ2) is 6.78. The van der Waals surface area contributed by atoms with Crippen LogP contribution in [0.3, 0.4) is 0 Å². The maximum atomic E-state index is 11.8. The number of hydrogen-bond acceptors (Lipinski definition) is 4. The molecule has 2 amide bonds. The number of carbonyl (C=O) groups excluding carboxylic acids is 2. The van der Waals surface area contributed by atoms with Crippen molar-refractivity contribution in [1.82, 2.24) is 10.2 Å². The van der Waals surface area contributed by atoms with Gasteiger partial charge in [0.25, 0.3) is 0 Å². The predicted octanol–water partition coefficient (Wildman–Crippen LogP) is 1.22. The first kappa shape index (κ1) is 17.3. The van der Waals surface area contributed by atoms with E-state index >= 15 is 0 Å². The van der Waals surface area contributed by atoms with Crippen molar-refractivity contribution in [1.29, 1.82) is 0 Å². The molecule has 1 saturated heterocycles. The van der Waals surface area contributed by atoms with E-state index in [0.29, 0.717) is 13.0 Å². The highest BCUT2D eigenvalue weighted by molar-refractivity contribution is 5.79. The van der Waals surface area contributed by atoms with Crippen LogP contribution in [-0.2, 0) is 14.3 Å². The van der Waals surface area contributed by atoms with Gasteiger partial charge in [-0.25, -0.2) is 4.79 Å². The molecule has 0 aromatic rings. The smallest absolute Gasteiger partial charge is 0.407 e. The first-order valence-corrected chi connectivity index (χ1v) is 7.06. The number of carboxylic acids is 1. The summed E-state index contributed by atoms with van der Waals surface area (Å²) in [4.78, 5) is 36.0. The first-order chi connectivity index (χ1) is 9.56. The number of rotatable bonds is 5. The lowest BCUT2D eigenvalue weighted by Crippen LogP contribution is -2.47. The molecule has 0 aromatic heterocycles. The molecule has 120 valence electrons. The fourth-order valence-corrected chi connectivity index (χ4v) is 2.26. The van der Waals surface area contributed by atoms with Gasteiger partial charge in [0.1, 0.15) is 5.60 Å². The molecule has 1 heterocycles. The fraction of sp³-hybridized carbons (Fsp3) is 0.786. The standard InChI is InChI=1S/C14H24N2O5/c1-9-5-11(17)16(7-9)8-10(6-12(18)19)15-13(20)21-14(2,3)4/h9-10H,5-8H2,1-4H3,(H,15,20)(H,18,19)/t9-,10+/m1/s1. The number of amides is 2. The second-order valence-electron chi connectivity index (χ2n) is 6.55. The van der Waals surface area contributed by atoms with Crippen LogP contribution in [0.15, 0.2) is 0 Å². The first-order valence-electron chi connectivity index (χ1n) is 7.06. The second-order valence-corrected chi connectivity index (χ2v) is 6.55. The van der Waals surface area contributed by atoms with Gasteiger partial charge in [-0.1, -0.05) is 6.92 Å². The highest BCUT2D eigenvalue weighted by Gasteiger charge is 2.30. The summed E-state index contributed by atoms with van der Waals surface area (Å²) in [7, 11) is 0. The van der Waals surface area contributed by atoms with E-state index in [0.717, 1.165) is 0 Å². The lowest BCUT2D eigenvalue weighted by Gasteiger charge is -2.26. The molecule has 1 rings (SSSR count). The van der Waals surface area contributed by atoms with Crippen molar-refractivity contribution >= 4 is 18.0 Å². The Hall–Kier alpha value is -1.79. The zero-order chi connectivity index (χ0) is 16.2. The molecule has 0 bridgehead atoms. The van der Waals surface area contributed by atoms with Gasteiger partial charge in [-0.3, -0.25) is 9.59 Å². The maximum Gasteiger partial charge on any atom is 0.407 e. The minimum absolute atomic E-state index is 0.0103. The van der Waals surface area contributed by atoms with E-state index in [1.54, 1.807) is 25.7 Å². The van der Waals surface area contributed by atoms with Gasteiger partial charge >= 0.3 is 12.1 Å². The summed E-state index contributed by atoms with van der Waals surface area (Å²) >= 11 is 0. The number of nitrogens with zero attached hydrogens (tertiary/aromatic N) is 1. The summed E-state index contributed by atoms with van der Waals surface area (Å²) in [6.45, 7) is 7.92. The van der Waals surface area contributed by atoms with E-state index in [1.807, 2.05) is 6.92 Å². The largest absolute Gasteiger partial charge is 0.481 e. The van der Waals surface area contributed by atoms with E-state index in [9.17, 15) is 14.4 Å². The minimum atomic E-state index is -1.03. The Morgan fingerprint density at radius 3 is 2.52 bits per heavy atom. The highest BCUT2D eigenvalue weighted by atomic mass is 16.6. The van der Waals surface area contributed by atoms with E-state index in [-0.39, 0.29) is 24.8 Å². The van der Waals surface area contributed by atoms with Crippen molar-refractivity contribution in [3.8, 4) is 0 Å². The predicted molar refractivity (Wildman–Crippen MR) is 75.8 cm³/mol. The number of likely N-dealkylation sites (tertiary alicyclic amines) is 1. The lowest BCUT2D eigenvalue weighted by molar-refractivity contribution is -0.138. The number of carboxylic acid groups (broad SMARTS) is 1. The third-order valence-corrected chi connectivity index (χ3v) is 2.99. The summed E-state index contributed by atoms with van der Waals surface area (Å²) in [6, 6.07) is -0.661. The van der Waals surface area contributed by atoms with Crippen LogP contribution in [0.25, 0.3) is 0 Å². The van der Waals surface area contributed by atoms with E-state index in [1.165, 1.54) is 0 Å². The Balaban J connectivity index is 2.61. The maximum absolute atomic E-state index is 11.8. The van der Waals surface area contributed by atoms with Crippen LogP contribution in [0.4, 0.5) is 4.79 Å². The summed E-state index contributed by atoms with van der Waals surface area (Å²) in [5.41, 5.74) is -0.657. The summed E-state index contributed by atoms with van der Waals surface area (Å²) in [5.74, 6) is -0.788. The Morgan fingerprint density at radius 2 is 2.10 bits per heavy atom. The number of nitrogens with one attached hydrogen (secondary N) is 1. The number of ether oxygens (including phenoxy) is 1. The van der Waals surface area contributed by atoms with Crippen molar-refractivity contribution in [3.63, 3.8) is 0 Å². The molecule has 2 N–H and O–H groups in total. The number of carbonyl (C=O) groups is 3. The molecule has 0 unspecified atom stereocenters. The SMILES string of the molecule is C[C@@H]1CC(=O)N(C[C@H](CC(=O)O)NC(=O)OC(C)(C)C)C1. The Bertz CT molecular complexity index is 416. The Morgan fingerprint density at radius 1 is 1.48 bits per heavy atom. The van der Waals surface area contributed by atoms with Crippen molar-refractivity contribution in [2.75, 3.05) is 13.1 Å². The molecule has 21 heavy (non-hydrogen) atoms. The molecule has 2 atom stereocenters. The average Bonchev–Trinajstić information content (AvgIpc) is 2.52. The number of aliphatic carboxylic acids is 1. The van der Waals surface area contributed by atoms with Crippen molar-refractivity contribution in [2.45, 2.75) is 52.2 Å². The van der Waals surface area contributed by atoms with Crippen LogP contribution in [0.1, 0.15) is 40.5 Å². The normalized spacial score (nSPS) is 20.3. The fourth-order valence-electron chi connectivity index (χ4n) is 2.26. The summed E-state index contributed by atoms with van der Waals surface area (Å²) in [6.07, 6.45) is -0.461. The quantitative estimate of drug-likeness (QED) is 0.796. The molecule has 0 aromatic carbocycles. The van der Waals surface area contributed by atoms with Crippen molar-refractivity contribution in [3.05, 3.63) is 0 Å². The molecule has 0 saturated carbocycles. The van der Waals surface area contributed by atoms with Crippen LogP contribution >= 0.6 is 0 Å². The summed E-state index contributed by atoms with van der Waals surface area (Å²) in [5, 5.41) is 11.5. The van der Waals surface area contributed by atoms with Gasteiger partial charge in [0, 0.05) is 19.5 Å². The Labute approximate surface area is 124 Å². The van der Waals surface area contributed by atoms with Gasteiger partial charge in [0.2, 0.25) is 5.91 Å². The Kier molecular flexibility index (Phi) is 5.57. The molecular weight excluding hydrogens is 276 g/mol. The van der Waals surface area contributed by atoms with Gasteiger partial charge < -0.3 is 20.1 Å².